The fourth-order valence-electron chi connectivity index (χ4n) is 3.52. The first-order chi connectivity index (χ1) is 14.2. The van der Waals surface area contributed by atoms with Gasteiger partial charge in [-0.1, -0.05) is 36.4 Å². The normalized spacial score (nSPS) is 11.0. The summed E-state index contributed by atoms with van der Waals surface area (Å²) in [6.07, 6.45) is 5.40. The summed E-state index contributed by atoms with van der Waals surface area (Å²) in [7, 11) is 0. The van der Waals surface area contributed by atoms with E-state index in [1.165, 1.54) is 0 Å². The second kappa shape index (κ2) is 8.65. The van der Waals surface area contributed by atoms with Gasteiger partial charge in [-0.2, -0.15) is 0 Å². The molecule has 0 aliphatic heterocycles. The summed E-state index contributed by atoms with van der Waals surface area (Å²) in [4.78, 5) is 30.3. The summed E-state index contributed by atoms with van der Waals surface area (Å²) in [5.41, 5.74) is 4.35. The van der Waals surface area contributed by atoms with Gasteiger partial charge in [0.05, 0.1) is 0 Å². The molecule has 0 aliphatic rings. The number of carbonyl (C=O) groups is 2. The average molecular weight is 389 g/mol. The number of carbonyl (C=O) groups excluding carboxylic acids is 2. The summed E-state index contributed by atoms with van der Waals surface area (Å²) in [6.45, 7) is 0.244. The zero-order valence-corrected chi connectivity index (χ0v) is 16.0. The Morgan fingerprint density at radius 2 is 1.41 bits per heavy atom. The van der Waals surface area contributed by atoms with Gasteiger partial charge < -0.3 is 20.0 Å². The van der Waals surface area contributed by atoms with Crippen molar-refractivity contribution in [3.63, 3.8) is 0 Å². The molecule has 0 saturated carbocycles. The Labute approximate surface area is 168 Å². The quantitative estimate of drug-likeness (QED) is 0.403. The second-order valence-electron chi connectivity index (χ2n) is 6.98. The van der Waals surface area contributed by atoms with Crippen LogP contribution in [0, 0.1) is 0 Å². The van der Waals surface area contributed by atoms with E-state index in [2.05, 4.69) is 21.4 Å². The third kappa shape index (κ3) is 4.48. The molecule has 6 nitrogen and oxygen atoms in total. The maximum Gasteiger partial charge on any atom is 0.306 e. The highest BCUT2D eigenvalue weighted by Gasteiger charge is 2.10. The van der Waals surface area contributed by atoms with Crippen LogP contribution in [0.1, 0.15) is 17.5 Å². The highest BCUT2D eigenvalue weighted by Crippen LogP contribution is 2.19. The number of aromatic amines is 2. The molecule has 148 valence electrons. The van der Waals surface area contributed by atoms with E-state index in [-0.39, 0.29) is 24.9 Å². The minimum atomic E-state index is -0.373. The molecule has 4 aromatic rings. The first-order valence-corrected chi connectivity index (χ1v) is 9.73. The number of fused-ring (bicyclic) bond motifs is 2. The number of hydrogen-bond acceptors (Lipinski definition) is 3. The Morgan fingerprint density at radius 1 is 0.828 bits per heavy atom. The Bertz CT molecular complexity index is 1140. The van der Waals surface area contributed by atoms with Crippen LogP contribution in [0.15, 0.2) is 60.9 Å². The lowest BCUT2D eigenvalue weighted by atomic mass is 10.1. The van der Waals surface area contributed by atoms with Crippen molar-refractivity contribution in [1.29, 1.82) is 0 Å². The van der Waals surface area contributed by atoms with Crippen LogP contribution in [-0.2, 0) is 27.2 Å². The average Bonchev–Trinajstić information content (AvgIpc) is 3.35. The van der Waals surface area contributed by atoms with E-state index in [1.54, 1.807) is 0 Å². The minimum absolute atomic E-state index is 0.241. The lowest BCUT2D eigenvalue weighted by molar-refractivity contribution is -0.148. The number of nitrogens with one attached hydrogen (secondary N) is 3. The molecule has 2 aromatic carbocycles. The number of aromatic nitrogens is 2. The third-order valence-corrected chi connectivity index (χ3v) is 5.03. The van der Waals surface area contributed by atoms with Crippen molar-refractivity contribution in [3.8, 4) is 0 Å². The molecular formula is C23H23N3O3. The predicted molar refractivity (Wildman–Crippen MR) is 113 cm³/mol. The van der Waals surface area contributed by atoms with Crippen LogP contribution in [0.4, 0.5) is 0 Å². The van der Waals surface area contributed by atoms with Gasteiger partial charge in [-0.05, 0) is 36.1 Å². The lowest BCUT2D eigenvalue weighted by Gasteiger charge is -2.06. The molecule has 29 heavy (non-hydrogen) atoms. The Kier molecular flexibility index (Phi) is 5.61. The number of hydrogen-bond donors (Lipinski definition) is 3. The molecule has 1 amide bonds. The summed E-state index contributed by atoms with van der Waals surface area (Å²) < 4.78 is 5.10. The van der Waals surface area contributed by atoms with Gasteiger partial charge in [-0.3, -0.25) is 9.59 Å². The molecular weight excluding hydrogens is 366 g/mol. The molecule has 2 heterocycles. The Hall–Kier alpha value is -3.54. The highest BCUT2D eigenvalue weighted by molar-refractivity contribution is 5.85. The zero-order chi connectivity index (χ0) is 20.1. The first-order valence-electron chi connectivity index (χ1n) is 9.73. The molecule has 4 rings (SSSR count). The van der Waals surface area contributed by atoms with Crippen LogP contribution in [0.2, 0.25) is 0 Å². The summed E-state index contributed by atoms with van der Waals surface area (Å²) in [5.74, 6) is -0.660. The standard InChI is InChI=1S/C23H23N3O3/c27-22(24-12-11-17-14-26-21-8-4-2-6-19(17)21)15-29-23(28)10-9-16-13-25-20-7-3-1-5-18(16)20/h1-8,13-14,25-26H,9-12,15H2,(H,24,27). The highest BCUT2D eigenvalue weighted by atomic mass is 16.5. The molecule has 6 heteroatoms. The molecule has 0 unspecified atom stereocenters. The molecule has 0 aliphatic carbocycles. The van der Waals surface area contributed by atoms with Crippen LogP contribution in [-0.4, -0.2) is 35.0 Å². The first kappa shape index (κ1) is 18.8. The molecule has 0 radical (unpaired) electrons. The van der Waals surface area contributed by atoms with Crippen molar-refractivity contribution in [2.75, 3.05) is 13.2 Å². The van der Waals surface area contributed by atoms with Crippen molar-refractivity contribution in [2.45, 2.75) is 19.3 Å². The van der Waals surface area contributed by atoms with E-state index in [9.17, 15) is 9.59 Å². The van der Waals surface area contributed by atoms with Gasteiger partial charge in [0.1, 0.15) is 0 Å². The van der Waals surface area contributed by atoms with Crippen molar-refractivity contribution in [2.24, 2.45) is 0 Å². The van der Waals surface area contributed by atoms with Crippen LogP contribution >= 0.6 is 0 Å². The van der Waals surface area contributed by atoms with Gasteiger partial charge in [-0.25, -0.2) is 0 Å². The van der Waals surface area contributed by atoms with E-state index < -0.39 is 0 Å². The zero-order valence-electron chi connectivity index (χ0n) is 16.0. The summed E-state index contributed by atoms with van der Waals surface area (Å²) in [6, 6.07) is 16.0. The van der Waals surface area contributed by atoms with Gasteiger partial charge in [0.25, 0.3) is 5.91 Å². The molecule has 0 fully saturated rings. The number of esters is 1. The molecule has 2 aromatic heterocycles. The molecule has 3 N–H and O–H groups in total. The largest absolute Gasteiger partial charge is 0.456 e. The topological polar surface area (TPSA) is 87.0 Å². The maximum absolute atomic E-state index is 12.0. The molecule has 0 saturated heterocycles. The fraction of sp³-hybridized carbons (Fsp3) is 0.217. The predicted octanol–water partition coefficient (Wildman–Crippen LogP) is 3.48. The van der Waals surface area contributed by atoms with Gasteiger partial charge in [0.2, 0.25) is 0 Å². The van der Waals surface area contributed by atoms with Gasteiger partial charge >= 0.3 is 5.97 Å². The van der Waals surface area contributed by atoms with Gasteiger partial charge in [-0.15, -0.1) is 0 Å². The van der Waals surface area contributed by atoms with Crippen molar-refractivity contribution >= 4 is 33.7 Å². The van der Waals surface area contributed by atoms with Crippen LogP contribution in [0.25, 0.3) is 21.8 Å². The van der Waals surface area contributed by atoms with Gasteiger partial charge in [0, 0.05) is 47.2 Å². The monoisotopic (exact) mass is 389 g/mol. The molecule has 0 bridgehead atoms. The third-order valence-electron chi connectivity index (χ3n) is 5.03. The number of rotatable bonds is 8. The number of H-pyrrole nitrogens is 2. The van der Waals surface area contributed by atoms with E-state index in [0.29, 0.717) is 19.4 Å². The van der Waals surface area contributed by atoms with Crippen LogP contribution < -0.4 is 5.32 Å². The minimum Gasteiger partial charge on any atom is -0.456 e. The van der Waals surface area contributed by atoms with Crippen LogP contribution in [0.5, 0.6) is 0 Å². The van der Waals surface area contributed by atoms with Crippen molar-refractivity contribution < 1.29 is 14.3 Å². The number of benzene rings is 2. The van der Waals surface area contributed by atoms with E-state index >= 15 is 0 Å². The fourth-order valence-corrected chi connectivity index (χ4v) is 3.52. The van der Waals surface area contributed by atoms with Crippen molar-refractivity contribution in [3.05, 3.63) is 72.1 Å². The van der Waals surface area contributed by atoms with Crippen LogP contribution in [0.3, 0.4) is 0 Å². The van der Waals surface area contributed by atoms with E-state index in [0.717, 1.165) is 32.9 Å². The Morgan fingerprint density at radius 3 is 2.07 bits per heavy atom. The number of para-hydroxylation sites is 2. The maximum atomic E-state index is 12.0. The summed E-state index contributed by atoms with van der Waals surface area (Å²) >= 11 is 0. The smallest absolute Gasteiger partial charge is 0.306 e. The SMILES string of the molecule is O=C(COC(=O)CCc1c[nH]c2ccccc12)NCCc1c[nH]c2ccccc12. The second-order valence-corrected chi connectivity index (χ2v) is 6.98. The van der Waals surface area contributed by atoms with Gasteiger partial charge in [0.15, 0.2) is 6.61 Å². The molecule has 0 atom stereocenters. The molecule has 0 spiro atoms. The lowest BCUT2D eigenvalue weighted by Crippen LogP contribution is -2.30. The number of aryl methyl sites for hydroxylation is 1. The Balaban J connectivity index is 1.18. The number of amides is 1. The van der Waals surface area contributed by atoms with E-state index in [4.69, 9.17) is 4.74 Å². The van der Waals surface area contributed by atoms with Crippen molar-refractivity contribution in [1.82, 2.24) is 15.3 Å². The van der Waals surface area contributed by atoms with E-state index in [1.807, 2.05) is 54.9 Å². The number of ether oxygens (including phenoxy) is 1. The summed E-state index contributed by atoms with van der Waals surface area (Å²) in [5, 5.41) is 5.06.